The fraction of sp³-hybridized carbons (Fsp3) is 0.238. The Morgan fingerprint density at radius 3 is 2.29 bits per heavy atom. The summed E-state index contributed by atoms with van der Waals surface area (Å²) in [5.41, 5.74) is 1.60. The average molecular weight is 445 g/mol. The minimum Gasteiger partial charge on any atom is -0.452 e. The Labute approximate surface area is 180 Å². The molecule has 0 spiro atoms. The van der Waals surface area contributed by atoms with Crippen molar-refractivity contribution < 1.29 is 27.5 Å². The van der Waals surface area contributed by atoms with Gasteiger partial charge in [0.05, 0.1) is 18.3 Å². The molecule has 164 valence electrons. The number of sulfonamides is 1. The molecule has 0 saturated heterocycles. The van der Waals surface area contributed by atoms with Crippen LogP contribution in [0.4, 0.5) is 15.3 Å². The van der Waals surface area contributed by atoms with Gasteiger partial charge in [0.15, 0.2) is 0 Å². The third-order valence-corrected chi connectivity index (χ3v) is 5.50. The van der Waals surface area contributed by atoms with E-state index in [1.165, 1.54) is 6.07 Å². The van der Waals surface area contributed by atoms with E-state index in [4.69, 9.17) is 4.74 Å². The van der Waals surface area contributed by atoms with Crippen molar-refractivity contribution in [3.8, 4) is 11.3 Å². The summed E-state index contributed by atoms with van der Waals surface area (Å²) in [6.07, 6.45) is 0.0689. The second-order valence-electron chi connectivity index (χ2n) is 7.65. The van der Waals surface area contributed by atoms with Crippen molar-refractivity contribution in [2.24, 2.45) is 0 Å². The Bertz CT molecular complexity index is 1220. The van der Waals surface area contributed by atoms with Crippen molar-refractivity contribution in [2.45, 2.75) is 31.3 Å². The number of methoxy groups -OCH3 is 1. The highest BCUT2D eigenvalue weighted by Crippen LogP contribution is 2.30. The molecule has 2 amide bonds. The van der Waals surface area contributed by atoms with E-state index in [2.05, 4.69) is 10.1 Å². The fourth-order valence-electron chi connectivity index (χ4n) is 2.91. The summed E-state index contributed by atoms with van der Waals surface area (Å²) in [7, 11) is -3.06. The average Bonchev–Trinajstić information content (AvgIpc) is 3.07. The minimum absolute atomic E-state index is 0.0653. The predicted molar refractivity (Wildman–Crippen MR) is 115 cm³/mol. The Kier molecular flexibility index (Phi) is 5.94. The van der Waals surface area contributed by atoms with Gasteiger partial charge in [0.2, 0.25) is 0 Å². The molecule has 2 N–H and O–H groups in total. The molecule has 0 radical (unpaired) electrons. The number of nitrogens with one attached hydrogen (secondary N) is 2. The molecule has 1 aromatic carbocycles. The molecule has 0 aliphatic heterocycles. The summed E-state index contributed by atoms with van der Waals surface area (Å²) in [6, 6.07) is 13.4. The smallest absolute Gasteiger partial charge is 0.420 e. The van der Waals surface area contributed by atoms with Crippen LogP contribution >= 0.6 is 0 Å². The SMILES string of the molecule is COC(=O)NS(=O)(=O)c1cc(-c2ccc(NC(=O)OC(C)(C)C)cc2)n2ccccc12. The number of benzene rings is 1. The largest absolute Gasteiger partial charge is 0.452 e. The summed E-state index contributed by atoms with van der Waals surface area (Å²) >= 11 is 0. The molecule has 0 unspecified atom stereocenters. The van der Waals surface area contributed by atoms with Crippen LogP contribution in [0.1, 0.15) is 20.8 Å². The summed E-state index contributed by atoms with van der Waals surface area (Å²) < 4.78 is 38.5. The third kappa shape index (κ3) is 5.15. The first-order valence-corrected chi connectivity index (χ1v) is 10.8. The number of nitrogens with zero attached hydrogens (tertiary/aromatic N) is 1. The van der Waals surface area contributed by atoms with Gasteiger partial charge >= 0.3 is 12.2 Å². The number of fused-ring (bicyclic) bond motifs is 1. The molecule has 0 aliphatic rings. The van der Waals surface area contributed by atoms with Gasteiger partial charge in [0.25, 0.3) is 10.0 Å². The molecule has 0 aliphatic carbocycles. The van der Waals surface area contributed by atoms with Gasteiger partial charge in [-0.2, -0.15) is 0 Å². The van der Waals surface area contributed by atoms with Gasteiger partial charge in [-0.05, 0) is 56.7 Å². The molecule has 3 rings (SSSR count). The second-order valence-corrected chi connectivity index (χ2v) is 9.30. The zero-order valence-corrected chi connectivity index (χ0v) is 18.3. The summed E-state index contributed by atoms with van der Waals surface area (Å²) in [5, 5.41) is 2.65. The van der Waals surface area contributed by atoms with Gasteiger partial charge in [-0.3, -0.25) is 5.32 Å². The maximum Gasteiger partial charge on any atom is 0.420 e. The Morgan fingerprint density at radius 2 is 1.68 bits per heavy atom. The number of amides is 2. The fourth-order valence-corrected chi connectivity index (χ4v) is 4.03. The van der Waals surface area contributed by atoms with Crippen LogP contribution in [0.25, 0.3) is 16.8 Å². The van der Waals surface area contributed by atoms with Crippen LogP contribution in [0.2, 0.25) is 0 Å². The summed E-state index contributed by atoms with van der Waals surface area (Å²) in [6.45, 7) is 5.32. The van der Waals surface area contributed by atoms with Crippen LogP contribution in [-0.2, 0) is 19.5 Å². The molecule has 31 heavy (non-hydrogen) atoms. The van der Waals surface area contributed by atoms with E-state index in [0.717, 1.165) is 7.11 Å². The van der Waals surface area contributed by atoms with Crippen LogP contribution in [-0.4, -0.2) is 37.7 Å². The van der Waals surface area contributed by atoms with Gasteiger partial charge in [-0.25, -0.2) is 22.7 Å². The Balaban J connectivity index is 1.95. The molecular weight excluding hydrogens is 422 g/mol. The molecule has 9 nitrogen and oxygen atoms in total. The third-order valence-electron chi connectivity index (χ3n) is 4.16. The zero-order valence-electron chi connectivity index (χ0n) is 17.5. The van der Waals surface area contributed by atoms with Crippen LogP contribution in [0.3, 0.4) is 0 Å². The van der Waals surface area contributed by atoms with Crippen LogP contribution in [0.15, 0.2) is 59.6 Å². The van der Waals surface area contributed by atoms with Crippen molar-refractivity contribution in [3.05, 3.63) is 54.7 Å². The maximum atomic E-state index is 12.7. The number of carbonyl (C=O) groups is 2. The van der Waals surface area contributed by atoms with E-state index in [1.54, 1.807) is 73.8 Å². The first kappa shape index (κ1) is 22.2. The van der Waals surface area contributed by atoms with Gasteiger partial charge in [-0.1, -0.05) is 18.2 Å². The normalized spacial score (nSPS) is 11.7. The van der Waals surface area contributed by atoms with Crippen molar-refractivity contribution in [3.63, 3.8) is 0 Å². The monoisotopic (exact) mass is 445 g/mol. The van der Waals surface area contributed by atoms with Crippen molar-refractivity contribution in [1.29, 1.82) is 0 Å². The van der Waals surface area contributed by atoms with Gasteiger partial charge < -0.3 is 13.9 Å². The van der Waals surface area contributed by atoms with Crippen molar-refractivity contribution in [1.82, 2.24) is 9.12 Å². The van der Waals surface area contributed by atoms with E-state index in [9.17, 15) is 18.0 Å². The van der Waals surface area contributed by atoms with E-state index in [-0.39, 0.29) is 4.90 Å². The highest BCUT2D eigenvalue weighted by Gasteiger charge is 2.24. The van der Waals surface area contributed by atoms with Gasteiger partial charge in [0.1, 0.15) is 10.5 Å². The maximum absolute atomic E-state index is 12.7. The predicted octanol–water partition coefficient (Wildman–Crippen LogP) is 4.00. The number of anilines is 1. The van der Waals surface area contributed by atoms with E-state index in [1.807, 2.05) is 4.72 Å². The Morgan fingerprint density at radius 1 is 1.00 bits per heavy atom. The van der Waals surface area contributed by atoms with Crippen LogP contribution < -0.4 is 10.0 Å². The van der Waals surface area contributed by atoms with E-state index >= 15 is 0 Å². The first-order chi connectivity index (χ1) is 14.5. The molecule has 10 heteroatoms. The molecule has 2 aromatic heterocycles. The molecule has 0 fully saturated rings. The lowest BCUT2D eigenvalue weighted by Gasteiger charge is -2.19. The lowest BCUT2D eigenvalue weighted by atomic mass is 10.1. The molecule has 3 aromatic rings. The van der Waals surface area contributed by atoms with E-state index in [0.29, 0.717) is 22.5 Å². The number of ether oxygens (including phenoxy) is 2. The van der Waals surface area contributed by atoms with Gasteiger partial charge in [0, 0.05) is 11.9 Å². The summed E-state index contributed by atoms with van der Waals surface area (Å²) in [4.78, 5) is 23.3. The van der Waals surface area contributed by atoms with Crippen molar-refractivity contribution >= 4 is 33.4 Å². The topological polar surface area (TPSA) is 115 Å². The number of rotatable bonds is 4. The number of carbonyl (C=O) groups excluding carboxylic acids is 2. The first-order valence-electron chi connectivity index (χ1n) is 9.31. The number of hydrogen-bond donors (Lipinski definition) is 2. The Hall–Kier alpha value is -3.53. The quantitative estimate of drug-likeness (QED) is 0.627. The van der Waals surface area contributed by atoms with Crippen LogP contribution in [0.5, 0.6) is 0 Å². The number of pyridine rings is 1. The number of aromatic nitrogens is 1. The zero-order chi connectivity index (χ0) is 22.8. The molecule has 2 heterocycles. The minimum atomic E-state index is -4.15. The van der Waals surface area contributed by atoms with Crippen molar-refractivity contribution in [2.75, 3.05) is 12.4 Å². The highest BCUT2D eigenvalue weighted by molar-refractivity contribution is 7.90. The van der Waals surface area contributed by atoms with Crippen LogP contribution in [0, 0.1) is 0 Å². The lowest BCUT2D eigenvalue weighted by Crippen LogP contribution is -2.30. The number of hydrogen-bond acceptors (Lipinski definition) is 6. The summed E-state index contributed by atoms with van der Waals surface area (Å²) in [5.74, 6) is 0. The molecule has 0 saturated carbocycles. The lowest BCUT2D eigenvalue weighted by molar-refractivity contribution is 0.0636. The van der Waals surface area contributed by atoms with E-state index < -0.39 is 27.8 Å². The van der Waals surface area contributed by atoms with Gasteiger partial charge in [-0.15, -0.1) is 0 Å². The standard InChI is InChI=1S/C21H23N3O6S/c1-21(2,3)30-19(25)22-15-10-8-14(9-11-15)17-13-18(16-7-5-6-12-24(16)17)31(27,28)23-20(26)29-4/h5-13H,1-4H3,(H,22,25)(H,23,26). The molecule has 0 bridgehead atoms. The molecular formula is C21H23N3O6S. The second kappa shape index (κ2) is 8.31. The highest BCUT2D eigenvalue weighted by atomic mass is 32.2. The molecule has 0 atom stereocenters.